The Kier molecular flexibility index (Phi) is 3.34. The van der Waals surface area contributed by atoms with Crippen LogP contribution < -0.4 is 5.32 Å². The van der Waals surface area contributed by atoms with Crippen LogP contribution in [-0.2, 0) is 4.74 Å². The van der Waals surface area contributed by atoms with Gasteiger partial charge in [0.05, 0.1) is 0 Å². The van der Waals surface area contributed by atoms with Gasteiger partial charge in [-0.25, -0.2) is 4.79 Å². The second-order valence-electron chi connectivity index (χ2n) is 5.17. The molecule has 8 heteroatoms. The number of ether oxygens (including phenoxy) is 1. The largest absolute Gasteiger partial charge is 0.387 e. The molecule has 2 amide bonds. The van der Waals surface area contributed by atoms with Gasteiger partial charge in [-0.15, -0.1) is 0 Å². The van der Waals surface area contributed by atoms with Crippen molar-refractivity contribution in [3.05, 3.63) is 30.3 Å². The number of aliphatic hydroxyl groups is 4. The zero-order chi connectivity index (χ0) is 15.2. The first-order valence-corrected chi connectivity index (χ1v) is 6.49. The lowest BCUT2D eigenvalue weighted by Crippen LogP contribution is -2.71. The summed E-state index contributed by atoms with van der Waals surface area (Å²) in [6, 6.07) is 7.78. The first-order valence-electron chi connectivity index (χ1n) is 6.49. The van der Waals surface area contributed by atoms with E-state index in [1.54, 1.807) is 30.3 Å². The third kappa shape index (κ3) is 2.08. The minimum Gasteiger partial charge on any atom is -0.387 e. The Bertz CT molecular complexity index is 541. The summed E-state index contributed by atoms with van der Waals surface area (Å²) in [5, 5.41) is 42.4. The van der Waals surface area contributed by atoms with E-state index in [1.807, 2.05) is 0 Å². The lowest BCUT2D eigenvalue weighted by atomic mass is 9.92. The van der Waals surface area contributed by atoms with E-state index in [1.165, 1.54) is 0 Å². The third-order valence-electron chi connectivity index (χ3n) is 3.82. The summed E-state index contributed by atoms with van der Waals surface area (Å²) in [6.45, 7) is -0.394. The molecule has 0 aromatic heterocycles. The number of hydrogen-bond donors (Lipinski definition) is 5. The van der Waals surface area contributed by atoms with E-state index in [-0.39, 0.29) is 0 Å². The fraction of sp³-hybridized carbons (Fsp3) is 0.462. The number of rotatable bonds is 1. The first kappa shape index (κ1) is 14.2. The second-order valence-corrected chi connectivity index (χ2v) is 5.17. The molecule has 114 valence electrons. The Balaban J connectivity index is 1.86. The van der Waals surface area contributed by atoms with Gasteiger partial charge >= 0.3 is 6.03 Å². The third-order valence-corrected chi connectivity index (χ3v) is 3.82. The molecule has 21 heavy (non-hydrogen) atoms. The average Bonchev–Trinajstić information content (AvgIpc) is 2.81. The minimum absolute atomic E-state index is 0.394. The van der Waals surface area contributed by atoms with Gasteiger partial charge in [-0.05, 0) is 12.1 Å². The number of benzene rings is 1. The van der Waals surface area contributed by atoms with E-state index < -0.39 is 42.9 Å². The van der Waals surface area contributed by atoms with Crippen LogP contribution in [0.4, 0.5) is 10.5 Å². The van der Waals surface area contributed by atoms with Gasteiger partial charge in [0.25, 0.3) is 0 Å². The summed E-state index contributed by atoms with van der Waals surface area (Å²) in [5.41, 5.74) is -1.59. The van der Waals surface area contributed by atoms with Crippen LogP contribution in [0.25, 0.3) is 0 Å². The molecule has 2 aliphatic heterocycles. The van der Waals surface area contributed by atoms with Crippen LogP contribution in [0.15, 0.2) is 30.3 Å². The number of amides is 2. The van der Waals surface area contributed by atoms with Gasteiger partial charge in [-0.1, -0.05) is 18.2 Å². The van der Waals surface area contributed by atoms with Crippen LogP contribution >= 0.6 is 0 Å². The number of carbonyl (C=O) groups excluding carboxylic acids is 1. The maximum Gasteiger partial charge on any atom is 0.326 e. The van der Waals surface area contributed by atoms with Crippen molar-refractivity contribution in [2.24, 2.45) is 0 Å². The van der Waals surface area contributed by atoms with Crippen molar-refractivity contribution in [2.45, 2.75) is 30.3 Å². The number of fused-ring (bicyclic) bond motifs is 2. The normalized spacial score (nSPS) is 38.4. The smallest absolute Gasteiger partial charge is 0.326 e. The topological polar surface area (TPSA) is 122 Å². The summed E-state index contributed by atoms with van der Waals surface area (Å²) >= 11 is 0. The molecule has 0 saturated carbocycles. The molecule has 1 aromatic rings. The quantitative estimate of drug-likeness (QED) is 0.437. The Hall–Kier alpha value is -1.71. The van der Waals surface area contributed by atoms with Crippen molar-refractivity contribution >= 4 is 11.7 Å². The molecule has 2 heterocycles. The van der Waals surface area contributed by atoms with Gasteiger partial charge in [0, 0.05) is 5.69 Å². The molecule has 2 saturated heterocycles. The second kappa shape index (κ2) is 4.93. The number of piperidine rings is 1. The fourth-order valence-electron chi connectivity index (χ4n) is 2.68. The van der Waals surface area contributed by atoms with Crippen molar-refractivity contribution in [3.8, 4) is 0 Å². The molecule has 5 atom stereocenters. The number of carbonyl (C=O) groups is 1. The Morgan fingerprint density at radius 2 is 1.90 bits per heavy atom. The maximum atomic E-state index is 12.3. The number of para-hydroxylation sites is 1. The van der Waals surface area contributed by atoms with Crippen LogP contribution in [0.5, 0.6) is 0 Å². The predicted octanol–water partition coefficient (Wildman–Crippen LogP) is -1.34. The number of urea groups is 1. The van der Waals surface area contributed by atoms with Crippen LogP contribution in [0.2, 0.25) is 0 Å². The summed E-state index contributed by atoms with van der Waals surface area (Å²) in [4.78, 5) is 13.1. The van der Waals surface area contributed by atoms with Crippen LogP contribution in [0.3, 0.4) is 0 Å². The molecule has 0 unspecified atom stereocenters. The molecule has 3 rings (SSSR count). The van der Waals surface area contributed by atoms with Gasteiger partial charge in [0.1, 0.15) is 24.9 Å². The highest BCUT2D eigenvalue weighted by molar-refractivity contribution is 5.90. The van der Waals surface area contributed by atoms with Crippen molar-refractivity contribution in [1.82, 2.24) is 4.90 Å². The monoisotopic (exact) mass is 296 g/mol. The van der Waals surface area contributed by atoms with Crippen molar-refractivity contribution in [3.63, 3.8) is 0 Å². The van der Waals surface area contributed by atoms with Gasteiger partial charge in [0.15, 0.2) is 12.0 Å². The summed E-state index contributed by atoms with van der Waals surface area (Å²) in [6.07, 6.45) is -6.06. The van der Waals surface area contributed by atoms with E-state index in [2.05, 4.69) is 5.32 Å². The Morgan fingerprint density at radius 1 is 1.24 bits per heavy atom. The molecule has 1 aromatic carbocycles. The average molecular weight is 296 g/mol. The zero-order valence-corrected chi connectivity index (χ0v) is 11.0. The Morgan fingerprint density at radius 3 is 2.57 bits per heavy atom. The zero-order valence-electron chi connectivity index (χ0n) is 11.0. The van der Waals surface area contributed by atoms with Gasteiger partial charge in [-0.3, -0.25) is 4.90 Å². The van der Waals surface area contributed by atoms with E-state index in [4.69, 9.17) is 4.74 Å². The predicted molar refractivity (Wildman–Crippen MR) is 70.0 cm³/mol. The summed E-state index contributed by atoms with van der Waals surface area (Å²) in [5.74, 6) is 0. The number of aliphatic hydroxyl groups excluding tert-OH is 3. The van der Waals surface area contributed by atoms with Crippen molar-refractivity contribution in [1.29, 1.82) is 0 Å². The number of nitrogens with zero attached hydrogens (tertiary/aromatic N) is 1. The van der Waals surface area contributed by atoms with E-state index in [0.717, 1.165) is 4.90 Å². The van der Waals surface area contributed by atoms with E-state index in [0.29, 0.717) is 5.69 Å². The summed E-state index contributed by atoms with van der Waals surface area (Å²) in [7, 11) is 0. The molecule has 0 radical (unpaired) electrons. The van der Waals surface area contributed by atoms with Crippen molar-refractivity contribution in [2.75, 3.05) is 11.9 Å². The van der Waals surface area contributed by atoms with Gasteiger partial charge < -0.3 is 30.5 Å². The highest BCUT2D eigenvalue weighted by Gasteiger charge is 2.63. The van der Waals surface area contributed by atoms with Crippen LogP contribution in [0.1, 0.15) is 0 Å². The number of anilines is 1. The van der Waals surface area contributed by atoms with Crippen molar-refractivity contribution < 1.29 is 30.0 Å². The molecular formula is C13H16N2O6. The van der Waals surface area contributed by atoms with Gasteiger partial charge in [-0.2, -0.15) is 0 Å². The van der Waals surface area contributed by atoms with Crippen LogP contribution in [-0.4, -0.2) is 68.2 Å². The molecule has 2 bridgehead atoms. The highest BCUT2D eigenvalue weighted by atomic mass is 16.6. The molecule has 0 aliphatic carbocycles. The molecule has 5 N–H and O–H groups in total. The fourth-order valence-corrected chi connectivity index (χ4v) is 2.68. The van der Waals surface area contributed by atoms with E-state index in [9.17, 15) is 25.2 Å². The van der Waals surface area contributed by atoms with Crippen LogP contribution in [0, 0.1) is 0 Å². The first-order chi connectivity index (χ1) is 9.95. The molecular weight excluding hydrogens is 280 g/mol. The minimum atomic E-state index is -2.08. The lowest BCUT2D eigenvalue weighted by molar-refractivity contribution is -0.233. The number of nitrogens with one attached hydrogen (secondary N) is 1. The molecule has 2 fully saturated rings. The molecule has 8 nitrogen and oxygen atoms in total. The Labute approximate surface area is 120 Å². The molecule has 2 aliphatic rings. The SMILES string of the molecule is O=C(Nc1ccccc1)N1[C@@H]2OC[C@]1(O)[C@@H](O)[C@@H](O)[C@H]2O. The number of hydrogen-bond acceptors (Lipinski definition) is 6. The maximum absolute atomic E-state index is 12.3. The summed E-state index contributed by atoms with van der Waals surface area (Å²) < 4.78 is 5.15. The highest BCUT2D eigenvalue weighted by Crippen LogP contribution is 2.38. The standard InChI is InChI=1S/C13H16N2O6/c16-8-9(17)11-15(13(20,6-21-11)10(8)18)12(19)14-7-4-2-1-3-5-7/h1-5,8-11,16-18,20H,6H2,(H,14,19)/t8-,9+,10-,11+,13-/m0/s1. The van der Waals surface area contributed by atoms with E-state index >= 15 is 0 Å². The molecule has 0 spiro atoms. The van der Waals surface area contributed by atoms with Gasteiger partial charge in [0.2, 0.25) is 0 Å². The lowest BCUT2D eigenvalue weighted by Gasteiger charge is -2.45.